The van der Waals surface area contributed by atoms with E-state index in [0.717, 1.165) is 47.7 Å². The summed E-state index contributed by atoms with van der Waals surface area (Å²) in [6.07, 6.45) is 4.17. The molecule has 39 heavy (non-hydrogen) atoms. The number of rotatable bonds is 5. The lowest BCUT2D eigenvalue weighted by atomic mass is 10.0. The van der Waals surface area contributed by atoms with Gasteiger partial charge in [0.15, 0.2) is 0 Å². The molecule has 0 aliphatic carbocycles. The van der Waals surface area contributed by atoms with E-state index in [9.17, 15) is 4.79 Å². The van der Waals surface area contributed by atoms with E-state index in [-0.39, 0.29) is 0 Å². The summed E-state index contributed by atoms with van der Waals surface area (Å²) in [5.74, 6) is 1.03. The quantitative estimate of drug-likeness (QED) is 0.503. The normalized spacial score (nSPS) is 14.9. The Balaban J connectivity index is 1.38. The number of hydrogen-bond donors (Lipinski definition) is 1. The van der Waals surface area contributed by atoms with Crippen LogP contribution in [-0.2, 0) is 24.2 Å². The summed E-state index contributed by atoms with van der Waals surface area (Å²) in [6.45, 7) is 10.7. The van der Waals surface area contributed by atoms with Crippen LogP contribution in [0.15, 0.2) is 36.7 Å². The molecule has 0 fully saturated rings. The van der Waals surface area contributed by atoms with Gasteiger partial charge >= 0.3 is 6.09 Å². The van der Waals surface area contributed by atoms with Gasteiger partial charge in [0.2, 0.25) is 11.8 Å². The molecule has 3 aromatic rings. The van der Waals surface area contributed by atoms with E-state index in [1.54, 1.807) is 4.90 Å². The van der Waals surface area contributed by atoms with Crippen LogP contribution in [-0.4, -0.2) is 65.3 Å². The minimum absolute atomic E-state index is 0.375. The highest BCUT2D eigenvalue weighted by atomic mass is 16.6. The number of aromatic nitrogens is 3. The van der Waals surface area contributed by atoms with Crippen molar-refractivity contribution < 1.29 is 14.3 Å². The number of benzene rings is 1. The second-order valence-electron chi connectivity index (χ2n) is 11.3. The smallest absolute Gasteiger partial charge is 0.415 e. The maximum Gasteiger partial charge on any atom is 0.415 e. The zero-order valence-electron chi connectivity index (χ0n) is 23.6. The van der Waals surface area contributed by atoms with Gasteiger partial charge in [0, 0.05) is 30.5 Å². The number of nitrogens with one attached hydrogen (secondary N) is 1. The highest BCUT2D eigenvalue weighted by Crippen LogP contribution is 2.39. The largest absolute Gasteiger partial charge is 0.474 e. The first kappa shape index (κ1) is 26.7. The second kappa shape index (κ2) is 10.7. The average molecular weight is 532 g/mol. The molecule has 2 aliphatic heterocycles. The highest BCUT2D eigenvalue weighted by molar-refractivity contribution is 5.92. The van der Waals surface area contributed by atoms with E-state index in [0.29, 0.717) is 37.2 Å². The molecule has 1 amide bonds. The molecule has 4 heterocycles. The maximum absolute atomic E-state index is 13.0. The van der Waals surface area contributed by atoms with Crippen LogP contribution in [0.4, 0.5) is 27.8 Å². The number of nitrogens with zero attached hydrogens (tertiary/aromatic N) is 6. The highest BCUT2D eigenvalue weighted by Gasteiger charge is 2.32. The molecular weight excluding hydrogens is 494 g/mol. The molecule has 2 aromatic heterocycles. The van der Waals surface area contributed by atoms with Gasteiger partial charge in [0.25, 0.3) is 0 Å². The molecule has 0 spiro atoms. The van der Waals surface area contributed by atoms with E-state index in [1.807, 2.05) is 52.2 Å². The van der Waals surface area contributed by atoms with Crippen LogP contribution in [0.5, 0.6) is 5.88 Å². The molecule has 1 aromatic carbocycles. The van der Waals surface area contributed by atoms with Crippen LogP contribution < -0.4 is 19.9 Å². The zero-order valence-corrected chi connectivity index (χ0v) is 23.6. The van der Waals surface area contributed by atoms with Gasteiger partial charge < -0.3 is 24.6 Å². The van der Waals surface area contributed by atoms with Gasteiger partial charge in [-0.3, -0.25) is 4.90 Å². The third-order valence-corrected chi connectivity index (χ3v) is 6.65. The van der Waals surface area contributed by atoms with Crippen LogP contribution in [0.3, 0.4) is 0 Å². The first-order valence-corrected chi connectivity index (χ1v) is 13.3. The van der Waals surface area contributed by atoms with Crippen molar-refractivity contribution in [3.63, 3.8) is 0 Å². The molecule has 5 rings (SSSR count). The predicted molar refractivity (Wildman–Crippen MR) is 152 cm³/mol. The maximum atomic E-state index is 13.0. The minimum Gasteiger partial charge on any atom is -0.474 e. The summed E-state index contributed by atoms with van der Waals surface area (Å²) in [7, 11) is 4.11. The van der Waals surface area contributed by atoms with Crippen LogP contribution in [0.2, 0.25) is 0 Å². The monoisotopic (exact) mass is 531 g/mol. The molecule has 0 saturated heterocycles. The van der Waals surface area contributed by atoms with Crippen molar-refractivity contribution in [1.29, 1.82) is 0 Å². The molecule has 0 unspecified atom stereocenters. The van der Waals surface area contributed by atoms with Gasteiger partial charge in [-0.05, 0) is 71.5 Å². The Morgan fingerprint density at radius 1 is 1.18 bits per heavy atom. The molecule has 0 bridgehead atoms. The van der Waals surface area contributed by atoms with Crippen molar-refractivity contribution in [3.05, 3.63) is 59.0 Å². The summed E-state index contributed by atoms with van der Waals surface area (Å²) in [6, 6.07) is 8.29. The SMILES string of the molecule is Cc1c(N2CCc3cnc(Nc4cccc(CN(C)C)c4)nc3C2)cnc2c1N(C(=O)OC(C)(C)C)CCO2. The van der Waals surface area contributed by atoms with E-state index in [1.165, 1.54) is 5.56 Å². The fraction of sp³-hybridized carbons (Fsp3) is 0.448. The third-order valence-electron chi connectivity index (χ3n) is 6.65. The first-order chi connectivity index (χ1) is 18.6. The lowest BCUT2D eigenvalue weighted by Gasteiger charge is -2.35. The zero-order chi connectivity index (χ0) is 27.7. The summed E-state index contributed by atoms with van der Waals surface area (Å²) < 4.78 is 11.5. The number of ether oxygens (including phenoxy) is 2. The summed E-state index contributed by atoms with van der Waals surface area (Å²) in [5, 5.41) is 3.37. The van der Waals surface area contributed by atoms with Crippen molar-refractivity contribution >= 4 is 29.1 Å². The Labute approximate surface area is 230 Å². The Hall–Kier alpha value is -3.92. The topological polar surface area (TPSA) is 96.0 Å². The molecule has 10 heteroatoms. The van der Waals surface area contributed by atoms with Crippen molar-refractivity contribution in [2.45, 2.75) is 52.8 Å². The number of carbonyl (C=O) groups excluding carboxylic acids is 1. The molecule has 0 saturated carbocycles. The lowest BCUT2D eigenvalue weighted by molar-refractivity contribution is 0.0566. The number of pyridine rings is 1. The van der Waals surface area contributed by atoms with Crippen LogP contribution in [0, 0.1) is 6.92 Å². The molecule has 206 valence electrons. The third kappa shape index (κ3) is 6.06. The molecule has 0 radical (unpaired) electrons. The van der Waals surface area contributed by atoms with Gasteiger partial charge in [-0.2, -0.15) is 0 Å². The van der Waals surface area contributed by atoms with Gasteiger partial charge in [0.1, 0.15) is 17.9 Å². The van der Waals surface area contributed by atoms with Crippen molar-refractivity contribution in [3.8, 4) is 5.88 Å². The van der Waals surface area contributed by atoms with Crippen molar-refractivity contribution in [2.24, 2.45) is 0 Å². The van der Waals surface area contributed by atoms with Gasteiger partial charge in [-0.1, -0.05) is 12.1 Å². The van der Waals surface area contributed by atoms with Crippen LogP contribution in [0.1, 0.15) is 43.2 Å². The fourth-order valence-electron chi connectivity index (χ4n) is 4.96. The van der Waals surface area contributed by atoms with Crippen molar-refractivity contribution in [1.82, 2.24) is 19.9 Å². The standard InChI is InChI=1S/C29H37N7O3/c1-19-24(16-30-26-25(19)36(12-13-38-26)28(37)39-29(2,3)4)35-11-10-21-15-31-27(33-23(21)18-35)32-22-9-7-8-20(14-22)17-34(5)6/h7-9,14-16H,10-13,17-18H2,1-6H3,(H,31,32,33). The molecule has 10 nitrogen and oxygen atoms in total. The Morgan fingerprint density at radius 2 is 2.00 bits per heavy atom. The molecule has 0 atom stereocenters. The lowest BCUT2D eigenvalue weighted by Crippen LogP contribution is -2.42. The van der Waals surface area contributed by atoms with Gasteiger partial charge in [0.05, 0.1) is 30.7 Å². The molecule has 1 N–H and O–H groups in total. The number of hydrogen-bond acceptors (Lipinski definition) is 9. The van der Waals surface area contributed by atoms with E-state index >= 15 is 0 Å². The summed E-state index contributed by atoms with van der Waals surface area (Å²) >= 11 is 0. The average Bonchev–Trinajstić information content (AvgIpc) is 2.87. The predicted octanol–water partition coefficient (Wildman–Crippen LogP) is 4.68. The molecule has 2 aliphatic rings. The summed E-state index contributed by atoms with van der Waals surface area (Å²) in [4.78, 5) is 33.1. The van der Waals surface area contributed by atoms with Gasteiger partial charge in [-0.15, -0.1) is 0 Å². The summed E-state index contributed by atoms with van der Waals surface area (Å²) in [5.41, 5.74) is 6.24. The number of fused-ring (bicyclic) bond motifs is 2. The Kier molecular flexibility index (Phi) is 7.31. The number of carbonyl (C=O) groups is 1. The van der Waals surface area contributed by atoms with Crippen molar-refractivity contribution in [2.75, 3.05) is 48.9 Å². The van der Waals surface area contributed by atoms with Gasteiger partial charge in [-0.25, -0.2) is 19.7 Å². The van der Waals surface area contributed by atoms with Crippen LogP contribution in [0.25, 0.3) is 0 Å². The number of anilines is 4. The fourth-order valence-corrected chi connectivity index (χ4v) is 4.96. The Bertz CT molecular complexity index is 1370. The first-order valence-electron chi connectivity index (χ1n) is 13.3. The van der Waals surface area contributed by atoms with Crippen LogP contribution >= 0.6 is 0 Å². The number of amides is 1. The van der Waals surface area contributed by atoms with E-state index in [4.69, 9.17) is 14.5 Å². The Morgan fingerprint density at radius 3 is 2.77 bits per heavy atom. The minimum atomic E-state index is -0.593. The van der Waals surface area contributed by atoms with E-state index < -0.39 is 11.7 Å². The molecular formula is C29H37N7O3. The second-order valence-corrected chi connectivity index (χ2v) is 11.3. The van der Waals surface area contributed by atoms with E-state index in [2.05, 4.69) is 51.3 Å².